The van der Waals surface area contributed by atoms with Gasteiger partial charge in [-0.1, -0.05) is 60.2 Å². The summed E-state index contributed by atoms with van der Waals surface area (Å²) in [7, 11) is -0.665. The molecule has 236 valence electrons. The molecular weight excluding hydrogens is 592 g/mol. The number of anilines is 1. The summed E-state index contributed by atoms with van der Waals surface area (Å²) < 4.78 is 47.6. The fourth-order valence-corrected chi connectivity index (χ4v) is 6.08. The maximum absolute atomic E-state index is 13.7. The zero-order valence-corrected chi connectivity index (χ0v) is 26.6. The topological polar surface area (TPSA) is 94.6 Å². The van der Waals surface area contributed by atoms with Gasteiger partial charge >= 0.3 is 6.03 Å². The molecular formula is C35H38N2O7S. The highest BCUT2D eigenvalue weighted by atomic mass is 32.2. The average molecular weight is 631 g/mol. The summed E-state index contributed by atoms with van der Waals surface area (Å²) in [5.74, 6) is 1.79. The number of amides is 2. The summed E-state index contributed by atoms with van der Waals surface area (Å²) in [6.45, 7) is 3.83. The molecule has 1 aliphatic rings. The third-order valence-corrected chi connectivity index (χ3v) is 8.99. The van der Waals surface area contributed by atoms with E-state index in [9.17, 15) is 13.2 Å². The van der Waals surface area contributed by atoms with E-state index in [1.54, 1.807) is 48.3 Å². The highest BCUT2D eigenvalue weighted by molar-refractivity contribution is 7.86. The lowest BCUT2D eigenvalue weighted by Crippen LogP contribution is -2.49. The SMILES string of the molecule is COc1cc(CCOS(=O)(=O)c2ccc(C)cc2)ccc1CN1CCCN(c2ccc(OC)c(OCc3ccccc3)c2)C1=O. The second-order valence-corrected chi connectivity index (χ2v) is 12.4. The molecule has 45 heavy (non-hydrogen) atoms. The molecule has 0 aliphatic carbocycles. The average Bonchev–Trinajstić information content (AvgIpc) is 3.05. The molecule has 5 rings (SSSR count). The van der Waals surface area contributed by atoms with Gasteiger partial charge in [-0.3, -0.25) is 9.08 Å². The van der Waals surface area contributed by atoms with E-state index in [1.165, 1.54) is 0 Å². The van der Waals surface area contributed by atoms with Gasteiger partial charge in [-0.2, -0.15) is 8.42 Å². The molecule has 1 heterocycles. The Hall–Kier alpha value is -4.54. The summed E-state index contributed by atoms with van der Waals surface area (Å²) in [5.41, 5.74) is 4.45. The van der Waals surface area contributed by atoms with Crippen molar-refractivity contribution in [2.45, 2.75) is 37.8 Å². The Labute approximate surface area is 265 Å². The van der Waals surface area contributed by atoms with E-state index < -0.39 is 10.1 Å². The molecule has 0 unspecified atom stereocenters. The van der Waals surface area contributed by atoms with Crippen molar-refractivity contribution in [2.24, 2.45) is 0 Å². The molecule has 0 radical (unpaired) electrons. The fourth-order valence-electron chi connectivity index (χ4n) is 5.17. The molecule has 1 aliphatic heterocycles. The van der Waals surface area contributed by atoms with Crippen LogP contribution in [0, 0.1) is 6.92 Å². The molecule has 0 spiro atoms. The Morgan fingerprint density at radius 1 is 0.778 bits per heavy atom. The molecule has 0 atom stereocenters. The Kier molecular flexibility index (Phi) is 10.3. The van der Waals surface area contributed by atoms with Crippen molar-refractivity contribution >= 4 is 21.8 Å². The van der Waals surface area contributed by atoms with E-state index in [1.807, 2.05) is 73.7 Å². The number of urea groups is 1. The van der Waals surface area contributed by atoms with Gasteiger partial charge in [0.25, 0.3) is 10.1 Å². The van der Waals surface area contributed by atoms with Crippen LogP contribution in [0.4, 0.5) is 10.5 Å². The smallest absolute Gasteiger partial charge is 0.324 e. The van der Waals surface area contributed by atoms with Gasteiger partial charge in [0.1, 0.15) is 12.4 Å². The third-order valence-electron chi connectivity index (χ3n) is 7.66. The summed E-state index contributed by atoms with van der Waals surface area (Å²) in [6, 6.07) is 27.5. The van der Waals surface area contributed by atoms with Crippen LogP contribution in [0.2, 0.25) is 0 Å². The van der Waals surface area contributed by atoms with Gasteiger partial charge in [-0.05, 0) is 61.2 Å². The number of benzene rings is 4. The van der Waals surface area contributed by atoms with E-state index in [2.05, 4.69) is 0 Å². The molecule has 4 aromatic rings. The van der Waals surface area contributed by atoms with Crippen LogP contribution in [0.25, 0.3) is 0 Å². The minimum atomic E-state index is -3.84. The van der Waals surface area contributed by atoms with Crippen molar-refractivity contribution in [1.82, 2.24) is 4.90 Å². The molecule has 4 aromatic carbocycles. The lowest BCUT2D eigenvalue weighted by molar-refractivity contribution is 0.191. The van der Waals surface area contributed by atoms with E-state index in [4.69, 9.17) is 18.4 Å². The maximum atomic E-state index is 13.7. The normalized spacial score (nSPS) is 13.5. The summed E-state index contributed by atoms with van der Waals surface area (Å²) in [4.78, 5) is 17.4. The van der Waals surface area contributed by atoms with Crippen LogP contribution in [0.15, 0.2) is 95.9 Å². The summed E-state index contributed by atoms with van der Waals surface area (Å²) in [6.07, 6.45) is 1.18. The molecule has 0 bridgehead atoms. The number of ether oxygens (including phenoxy) is 3. The molecule has 0 saturated carbocycles. The molecule has 0 N–H and O–H groups in total. The van der Waals surface area contributed by atoms with Gasteiger partial charge in [-0.25, -0.2) is 4.79 Å². The Bertz CT molecular complexity index is 1710. The van der Waals surface area contributed by atoms with E-state index >= 15 is 0 Å². The zero-order chi connectivity index (χ0) is 31.8. The fraction of sp³-hybridized carbons (Fsp3) is 0.286. The van der Waals surface area contributed by atoms with Crippen molar-refractivity contribution in [3.63, 3.8) is 0 Å². The van der Waals surface area contributed by atoms with Crippen LogP contribution < -0.4 is 19.1 Å². The quantitative estimate of drug-likeness (QED) is 0.159. The van der Waals surface area contributed by atoms with E-state index in [0.29, 0.717) is 49.9 Å². The standard InChI is InChI=1S/C35H38N2O7S/c1-26-10-15-31(16-11-26)45(39,40)44-21-18-27-12-13-29(33(22-27)42-3)24-36-19-7-20-37(35(36)38)30-14-17-32(41-2)34(23-30)43-25-28-8-5-4-6-9-28/h4-6,8-17,22-23H,7,18-21,24-25H2,1-3H3. The highest BCUT2D eigenvalue weighted by Gasteiger charge is 2.28. The van der Waals surface area contributed by atoms with Gasteiger partial charge in [0.15, 0.2) is 11.5 Å². The monoisotopic (exact) mass is 630 g/mol. The summed E-state index contributed by atoms with van der Waals surface area (Å²) >= 11 is 0. The van der Waals surface area contributed by atoms with Crippen LogP contribution in [-0.4, -0.2) is 53.3 Å². The van der Waals surface area contributed by atoms with E-state index in [-0.39, 0.29) is 17.5 Å². The number of aryl methyl sites for hydroxylation is 1. The maximum Gasteiger partial charge on any atom is 0.324 e. The van der Waals surface area contributed by atoms with Crippen molar-refractivity contribution in [2.75, 3.05) is 38.8 Å². The molecule has 1 fully saturated rings. The number of rotatable bonds is 13. The van der Waals surface area contributed by atoms with Crippen molar-refractivity contribution in [3.8, 4) is 17.2 Å². The van der Waals surface area contributed by atoms with Crippen molar-refractivity contribution in [3.05, 3.63) is 113 Å². The van der Waals surface area contributed by atoms with Gasteiger partial charge in [0.2, 0.25) is 0 Å². The first-order valence-electron chi connectivity index (χ1n) is 14.8. The van der Waals surface area contributed by atoms with Crippen LogP contribution in [-0.2, 0) is 33.9 Å². The first-order chi connectivity index (χ1) is 21.8. The number of methoxy groups -OCH3 is 2. The largest absolute Gasteiger partial charge is 0.496 e. The van der Waals surface area contributed by atoms with Crippen LogP contribution >= 0.6 is 0 Å². The third kappa shape index (κ3) is 7.95. The number of carbonyl (C=O) groups excluding carboxylic acids is 1. The number of carbonyl (C=O) groups is 1. The predicted molar refractivity (Wildman–Crippen MR) is 173 cm³/mol. The van der Waals surface area contributed by atoms with Crippen LogP contribution in [0.5, 0.6) is 17.2 Å². The molecule has 2 amide bonds. The second kappa shape index (κ2) is 14.5. The summed E-state index contributed by atoms with van der Waals surface area (Å²) in [5, 5.41) is 0. The minimum Gasteiger partial charge on any atom is -0.496 e. The molecule has 0 aromatic heterocycles. The van der Waals surface area contributed by atoms with Gasteiger partial charge in [0.05, 0.1) is 32.3 Å². The van der Waals surface area contributed by atoms with Crippen LogP contribution in [0.1, 0.15) is 28.7 Å². The van der Waals surface area contributed by atoms with Gasteiger partial charge in [-0.15, -0.1) is 0 Å². The molecule has 9 nitrogen and oxygen atoms in total. The Morgan fingerprint density at radius 3 is 2.27 bits per heavy atom. The van der Waals surface area contributed by atoms with Crippen molar-refractivity contribution < 1.29 is 31.6 Å². The lowest BCUT2D eigenvalue weighted by atomic mass is 10.1. The first kappa shape index (κ1) is 31.9. The number of nitrogens with zero attached hydrogens (tertiary/aromatic N) is 2. The highest BCUT2D eigenvalue weighted by Crippen LogP contribution is 2.34. The predicted octanol–water partition coefficient (Wildman–Crippen LogP) is 6.37. The number of hydrogen-bond donors (Lipinski definition) is 0. The minimum absolute atomic E-state index is 0.00278. The van der Waals surface area contributed by atoms with Crippen LogP contribution in [0.3, 0.4) is 0 Å². The molecule has 10 heteroatoms. The van der Waals surface area contributed by atoms with Gasteiger partial charge < -0.3 is 19.1 Å². The molecule has 1 saturated heterocycles. The number of hydrogen-bond acceptors (Lipinski definition) is 7. The Morgan fingerprint density at radius 2 is 1.53 bits per heavy atom. The zero-order valence-electron chi connectivity index (χ0n) is 25.8. The first-order valence-corrected chi connectivity index (χ1v) is 16.2. The Balaban J connectivity index is 1.23. The van der Waals surface area contributed by atoms with Crippen molar-refractivity contribution in [1.29, 1.82) is 0 Å². The van der Waals surface area contributed by atoms with Gasteiger partial charge in [0, 0.05) is 30.4 Å². The lowest BCUT2D eigenvalue weighted by Gasteiger charge is -2.36. The second-order valence-electron chi connectivity index (χ2n) is 10.8. The van der Waals surface area contributed by atoms with E-state index in [0.717, 1.165) is 34.4 Å².